The first-order valence-electron chi connectivity index (χ1n) is 6.19. The molecule has 0 N–H and O–H groups in total. The summed E-state index contributed by atoms with van der Waals surface area (Å²) < 4.78 is 18.6. The first-order valence-corrected chi connectivity index (χ1v) is 6.19. The van der Waals surface area contributed by atoms with Gasteiger partial charge in [0.1, 0.15) is 17.3 Å². The molecule has 0 bridgehead atoms. The lowest BCUT2D eigenvalue weighted by Crippen LogP contribution is -2.32. The van der Waals surface area contributed by atoms with Crippen LogP contribution in [-0.2, 0) is 20.7 Å². The summed E-state index contributed by atoms with van der Waals surface area (Å²) in [6.45, 7) is 6.69. The average molecular weight is 266 g/mol. The van der Waals surface area contributed by atoms with E-state index in [0.29, 0.717) is 5.56 Å². The highest BCUT2D eigenvalue weighted by Gasteiger charge is 2.27. The number of carbonyl (C=O) groups is 2. The molecule has 3 nitrogen and oxygen atoms in total. The zero-order chi connectivity index (χ0) is 14.6. The van der Waals surface area contributed by atoms with Crippen LogP contribution in [-0.4, -0.2) is 17.4 Å². The van der Waals surface area contributed by atoms with E-state index in [-0.39, 0.29) is 12.2 Å². The highest BCUT2D eigenvalue weighted by molar-refractivity contribution is 5.99. The van der Waals surface area contributed by atoms with Crippen LogP contribution in [0.15, 0.2) is 24.3 Å². The Bertz CT molecular complexity index is 475. The Kier molecular flexibility index (Phi) is 4.81. The molecule has 0 fully saturated rings. The summed E-state index contributed by atoms with van der Waals surface area (Å²) in [7, 11) is 0. The van der Waals surface area contributed by atoms with E-state index in [0.717, 1.165) is 0 Å². The van der Waals surface area contributed by atoms with E-state index < -0.39 is 23.3 Å². The van der Waals surface area contributed by atoms with Gasteiger partial charge in [-0.3, -0.25) is 9.59 Å². The molecule has 1 aromatic rings. The maximum absolute atomic E-state index is 13.4. The highest BCUT2D eigenvalue weighted by Crippen LogP contribution is 2.15. The number of hydrogen-bond donors (Lipinski definition) is 0. The van der Waals surface area contributed by atoms with E-state index in [2.05, 4.69) is 0 Å². The molecular formula is C15H19FO3. The van der Waals surface area contributed by atoms with Gasteiger partial charge in [-0.15, -0.1) is 0 Å². The minimum Gasteiger partial charge on any atom is -0.459 e. The summed E-state index contributed by atoms with van der Waals surface area (Å²) in [5, 5.41) is 0. The van der Waals surface area contributed by atoms with Gasteiger partial charge in [-0.05, 0) is 39.3 Å². The van der Waals surface area contributed by atoms with Crippen LogP contribution in [0.2, 0.25) is 0 Å². The van der Waals surface area contributed by atoms with E-state index >= 15 is 0 Å². The zero-order valence-electron chi connectivity index (χ0n) is 11.7. The molecule has 1 unspecified atom stereocenters. The molecule has 1 aromatic carbocycles. The number of rotatable bonds is 4. The molecule has 0 aliphatic carbocycles. The molecule has 0 aliphatic heterocycles. The number of ether oxygens (including phenoxy) is 1. The van der Waals surface area contributed by atoms with Crippen molar-refractivity contribution in [3.05, 3.63) is 35.6 Å². The molecular weight excluding hydrogens is 247 g/mol. The van der Waals surface area contributed by atoms with Crippen molar-refractivity contribution in [1.82, 2.24) is 0 Å². The van der Waals surface area contributed by atoms with Crippen LogP contribution in [0.5, 0.6) is 0 Å². The largest absolute Gasteiger partial charge is 0.459 e. The Balaban J connectivity index is 2.68. The second-order valence-electron chi connectivity index (χ2n) is 5.49. The fourth-order valence-electron chi connectivity index (χ4n) is 1.50. The smallest absolute Gasteiger partial charge is 0.316 e. The van der Waals surface area contributed by atoms with Crippen LogP contribution in [0.3, 0.4) is 0 Å². The Morgan fingerprint density at radius 1 is 1.26 bits per heavy atom. The van der Waals surface area contributed by atoms with E-state index in [9.17, 15) is 14.0 Å². The van der Waals surface area contributed by atoms with Gasteiger partial charge in [0, 0.05) is 6.42 Å². The van der Waals surface area contributed by atoms with Crippen LogP contribution in [0.1, 0.15) is 33.3 Å². The molecule has 0 saturated heterocycles. The molecule has 0 aromatic heterocycles. The third kappa shape index (κ3) is 4.81. The Morgan fingerprint density at radius 3 is 2.37 bits per heavy atom. The van der Waals surface area contributed by atoms with Crippen molar-refractivity contribution < 1.29 is 18.7 Å². The monoisotopic (exact) mass is 266 g/mol. The molecule has 0 aliphatic rings. The predicted molar refractivity (Wildman–Crippen MR) is 70.1 cm³/mol. The summed E-state index contributed by atoms with van der Waals surface area (Å²) >= 11 is 0. The van der Waals surface area contributed by atoms with Crippen LogP contribution < -0.4 is 0 Å². The highest BCUT2D eigenvalue weighted by atomic mass is 19.1. The van der Waals surface area contributed by atoms with Gasteiger partial charge in [-0.2, -0.15) is 0 Å². The Hall–Kier alpha value is -1.71. The minimum absolute atomic E-state index is 0.104. The number of esters is 1. The quantitative estimate of drug-likeness (QED) is 0.621. The van der Waals surface area contributed by atoms with Gasteiger partial charge in [0.15, 0.2) is 5.78 Å². The summed E-state index contributed by atoms with van der Waals surface area (Å²) in [4.78, 5) is 23.7. The average Bonchev–Trinajstić information content (AvgIpc) is 2.28. The summed E-state index contributed by atoms with van der Waals surface area (Å²) in [6.07, 6.45) is -0.104. The fraction of sp³-hybridized carbons (Fsp3) is 0.467. The minimum atomic E-state index is -0.890. The van der Waals surface area contributed by atoms with Crippen LogP contribution >= 0.6 is 0 Å². The van der Waals surface area contributed by atoms with Crippen LogP contribution in [0.4, 0.5) is 4.39 Å². The van der Waals surface area contributed by atoms with Gasteiger partial charge in [0.25, 0.3) is 0 Å². The number of hydrogen-bond acceptors (Lipinski definition) is 3. The van der Waals surface area contributed by atoms with E-state index in [1.807, 2.05) is 0 Å². The SMILES string of the molecule is CC(C(=O)Cc1ccccc1F)C(=O)OC(C)(C)C. The Morgan fingerprint density at radius 2 is 1.84 bits per heavy atom. The van der Waals surface area contributed by atoms with Crippen molar-refractivity contribution in [2.24, 2.45) is 5.92 Å². The summed E-state index contributed by atoms with van der Waals surface area (Å²) in [6, 6.07) is 6.04. The van der Waals surface area contributed by atoms with E-state index in [4.69, 9.17) is 4.74 Å². The first kappa shape index (κ1) is 15.3. The fourth-order valence-corrected chi connectivity index (χ4v) is 1.50. The molecule has 0 heterocycles. The second-order valence-corrected chi connectivity index (χ2v) is 5.49. The topological polar surface area (TPSA) is 43.4 Å². The molecule has 0 amide bonds. The third-order valence-corrected chi connectivity index (χ3v) is 2.57. The lowest BCUT2D eigenvalue weighted by Gasteiger charge is -2.21. The predicted octanol–water partition coefficient (Wildman–Crippen LogP) is 2.92. The molecule has 0 radical (unpaired) electrons. The van der Waals surface area contributed by atoms with Gasteiger partial charge in [0.2, 0.25) is 0 Å². The molecule has 104 valence electrons. The molecule has 1 atom stereocenters. The molecule has 0 spiro atoms. The third-order valence-electron chi connectivity index (χ3n) is 2.57. The maximum Gasteiger partial charge on any atom is 0.316 e. The molecule has 4 heteroatoms. The first-order chi connectivity index (χ1) is 8.70. The van der Waals surface area contributed by atoms with Gasteiger partial charge in [-0.25, -0.2) is 4.39 Å². The van der Waals surface area contributed by atoms with Gasteiger partial charge < -0.3 is 4.74 Å². The number of ketones is 1. The van der Waals surface area contributed by atoms with Crippen molar-refractivity contribution in [3.63, 3.8) is 0 Å². The summed E-state index contributed by atoms with van der Waals surface area (Å²) in [5.41, 5.74) is -0.341. The lowest BCUT2D eigenvalue weighted by atomic mass is 9.99. The molecule has 19 heavy (non-hydrogen) atoms. The number of halogens is 1. The number of carbonyl (C=O) groups excluding carboxylic acids is 2. The van der Waals surface area contributed by atoms with Crippen molar-refractivity contribution in [2.45, 2.75) is 39.7 Å². The van der Waals surface area contributed by atoms with E-state index in [1.165, 1.54) is 19.1 Å². The van der Waals surface area contributed by atoms with Gasteiger partial charge >= 0.3 is 5.97 Å². The van der Waals surface area contributed by atoms with E-state index in [1.54, 1.807) is 32.9 Å². The normalized spacial score (nSPS) is 12.9. The Labute approximate surface area is 112 Å². The molecule has 1 rings (SSSR count). The van der Waals surface area contributed by atoms with Crippen molar-refractivity contribution in [1.29, 1.82) is 0 Å². The van der Waals surface area contributed by atoms with Crippen LogP contribution in [0, 0.1) is 11.7 Å². The van der Waals surface area contributed by atoms with Crippen LogP contribution in [0.25, 0.3) is 0 Å². The number of Topliss-reactive ketones (excluding diaryl/α,β-unsaturated/α-hetero) is 1. The second kappa shape index (κ2) is 5.95. The maximum atomic E-state index is 13.4. The lowest BCUT2D eigenvalue weighted by molar-refractivity contribution is -0.161. The molecule has 0 saturated carbocycles. The van der Waals surface area contributed by atoms with Gasteiger partial charge in [0.05, 0.1) is 0 Å². The summed E-state index contributed by atoms with van der Waals surface area (Å²) in [5.74, 6) is -2.25. The van der Waals surface area contributed by atoms with Crippen molar-refractivity contribution >= 4 is 11.8 Å². The zero-order valence-corrected chi connectivity index (χ0v) is 11.7. The van der Waals surface area contributed by atoms with Crippen molar-refractivity contribution in [3.8, 4) is 0 Å². The van der Waals surface area contributed by atoms with Crippen molar-refractivity contribution in [2.75, 3.05) is 0 Å². The standard InChI is InChI=1S/C15H19FO3/c1-10(14(18)19-15(2,3)4)13(17)9-11-7-5-6-8-12(11)16/h5-8,10H,9H2,1-4H3. The number of benzene rings is 1. The van der Waals surface area contributed by atoms with Gasteiger partial charge in [-0.1, -0.05) is 18.2 Å².